The molecule has 1 atom stereocenters. The molecule has 3 aliphatic heterocycles. The molecule has 2 aromatic carbocycles. The molecule has 2 aromatic rings. The number of rotatable bonds is 4. The van der Waals surface area contributed by atoms with Crippen LogP contribution in [0.2, 0.25) is 0 Å². The molecule has 2 saturated heterocycles. The number of piperidine rings is 1. The van der Waals surface area contributed by atoms with Crippen LogP contribution < -0.4 is 10.2 Å². The second-order valence-corrected chi connectivity index (χ2v) is 9.33. The highest BCUT2D eigenvalue weighted by Crippen LogP contribution is 2.31. The Morgan fingerprint density at radius 2 is 1.78 bits per heavy atom. The molecular weight excluding hydrogens is 420 g/mol. The molecule has 7 heteroatoms. The molecule has 3 heterocycles. The summed E-state index contributed by atoms with van der Waals surface area (Å²) in [6.45, 7) is 7.69. The van der Waals surface area contributed by atoms with E-state index in [1.807, 2.05) is 4.90 Å². The lowest BCUT2D eigenvalue weighted by Crippen LogP contribution is -2.52. The zero-order valence-corrected chi connectivity index (χ0v) is 19.2. The van der Waals surface area contributed by atoms with Gasteiger partial charge in [-0.2, -0.15) is 0 Å². The maximum absolute atomic E-state index is 12.4. The summed E-state index contributed by atoms with van der Waals surface area (Å²) in [4.78, 5) is 31.6. The van der Waals surface area contributed by atoms with Gasteiger partial charge in [-0.05, 0) is 36.6 Å². The number of carbonyl (C=O) groups is 2. The average Bonchev–Trinajstić information content (AvgIpc) is 3.12. The Hall–Kier alpha value is -2.77. The minimum atomic E-state index is -0.362. The van der Waals surface area contributed by atoms with E-state index in [0.29, 0.717) is 19.4 Å². The van der Waals surface area contributed by atoms with E-state index in [9.17, 15) is 9.59 Å². The monoisotopic (exact) mass is 448 g/mol. The van der Waals surface area contributed by atoms with Gasteiger partial charge in [-0.15, -0.1) is 0 Å². The predicted octanol–water partition coefficient (Wildman–Crippen LogP) is 2.61. The van der Waals surface area contributed by atoms with Crippen LogP contribution in [0.4, 0.5) is 5.69 Å². The van der Waals surface area contributed by atoms with Gasteiger partial charge in [0, 0.05) is 56.9 Å². The third-order valence-electron chi connectivity index (χ3n) is 6.84. The first-order valence-electron chi connectivity index (χ1n) is 11.3. The zero-order valence-electron chi connectivity index (χ0n) is 18.3. The molecule has 0 bridgehead atoms. The highest BCUT2D eigenvalue weighted by atomic mass is 32.1. The summed E-state index contributed by atoms with van der Waals surface area (Å²) in [5, 5.41) is 2.46. The number of aryl methyl sites for hydroxylation is 1. The lowest BCUT2D eigenvalue weighted by molar-refractivity contribution is -0.136. The maximum Gasteiger partial charge on any atom is 0.249 e. The molecule has 0 aliphatic carbocycles. The van der Waals surface area contributed by atoms with E-state index in [4.69, 9.17) is 12.2 Å². The molecule has 2 fully saturated rings. The zero-order chi connectivity index (χ0) is 22.2. The van der Waals surface area contributed by atoms with Crippen molar-refractivity contribution in [3.05, 3.63) is 64.7 Å². The van der Waals surface area contributed by atoms with Crippen molar-refractivity contribution in [1.82, 2.24) is 15.1 Å². The molecule has 166 valence electrons. The minimum Gasteiger partial charge on any atom is -0.369 e. The highest BCUT2D eigenvalue weighted by molar-refractivity contribution is 7.80. The second kappa shape index (κ2) is 8.64. The Balaban J connectivity index is 1.26. The van der Waals surface area contributed by atoms with Gasteiger partial charge in [-0.25, -0.2) is 0 Å². The standard InChI is InChI=1S/C25H28N4O2S/c1-17-5-7-19(8-6-17)28-13-11-27(12-14-28)15-18-3-2-4-20-21(18)16-29(25(20)32)22-9-10-23(30)26-24(22)31/h2-8,22H,9-16H2,1H3,(H,26,30,31). The lowest BCUT2D eigenvalue weighted by atomic mass is 10.0. The summed E-state index contributed by atoms with van der Waals surface area (Å²) in [5.74, 6) is -0.426. The quantitative estimate of drug-likeness (QED) is 0.573. The predicted molar refractivity (Wildman–Crippen MR) is 129 cm³/mol. The molecule has 1 unspecified atom stereocenters. The summed E-state index contributed by atoms with van der Waals surface area (Å²) >= 11 is 5.74. The van der Waals surface area contributed by atoms with E-state index in [1.165, 1.54) is 22.4 Å². The number of nitrogens with one attached hydrogen (secondary N) is 1. The normalized spacial score (nSPS) is 21.7. The highest BCUT2D eigenvalue weighted by Gasteiger charge is 2.37. The summed E-state index contributed by atoms with van der Waals surface area (Å²) in [5.41, 5.74) is 6.14. The van der Waals surface area contributed by atoms with Gasteiger partial charge in [0.05, 0.1) is 0 Å². The Labute approximate surface area is 194 Å². The van der Waals surface area contributed by atoms with Gasteiger partial charge in [-0.3, -0.25) is 19.8 Å². The maximum atomic E-state index is 12.4. The summed E-state index contributed by atoms with van der Waals surface area (Å²) < 4.78 is 0. The summed E-state index contributed by atoms with van der Waals surface area (Å²) in [6.07, 6.45) is 0.888. The fourth-order valence-electron chi connectivity index (χ4n) is 4.96. The number of benzene rings is 2. The van der Waals surface area contributed by atoms with Gasteiger partial charge >= 0.3 is 0 Å². The van der Waals surface area contributed by atoms with Crippen molar-refractivity contribution in [2.45, 2.75) is 38.9 Å². The van der Waals surface area contributed by atoms with Crippen LogP contribution in [-0.4, -0.2) is 58.8 Å². The van der Waals surface area contributed by atoms with E-state index < -0.39 is 0 Å². The number of fused-ring (bicyclic) bond motifs is 1. The third-order valence-corrected chi connectivity index (χ3v) is 7.30. The van der Waals surface area contributed by atoms with Crippen molar-refractivity contribution in [3.8, 4) is 0 Å². The smallest absolute Gasteiger partial charge is 0.249 e. The Kier molecular flexibility index (Phi) is 5.69. The number of piperazine rings is 1. The van der Waals surface area contributed by atoms with E-state index in [1.54, 1.807) is 0 Å². The Bertz CT molecular complexity index is 1060. The van der Waals surface area contributed by atoms with Gasteiger partial charge in [0.1, 0.15) is 11.0 Å². The molecule has 3 aliphatic rings. The van der Waals surface area contributed by atoms with Crippen LogP contribution in [0.15, 0.2) is 42.5 Å². The van der Waals surface area contributed by atoms with Crippen LogP contribution >= 0.6 is 12.2 Å². The SMILES string of the molecule is Cc1ccc(N2CCN(Cc3cccc4c3CN(C3CCC(=O)NC3=O)C4=S)CC2)cc1. The fourth-order valence-corrected chi connectivity index (χ4v) is 5.34. The number of hydrogen-bond acceptors (Lipinski definition) is 5. The molecule has 5 rings (SSSR count). The summed E-state index contributed by atoms with van der Waals surface area (Å²) in [7, 11) is 0. The lowest BCUT2D eigenvalue weighted by Gasteiger charge is -2.36. The molecule has 0 aromatic heterocycles. The van der Waals surface area contributed by atoms with Crippen molar-refractivity contribution < 1.29 is 9.59 Å². The second-order valence-electron chi connectivity index (χ2n) is 8.94. The average molecular weight is 449 g/mol. The number of nitrogens with zero attached hydrogens (tertiary/aromatic N) is 3. The minimum absolute atomic E-state index is 0.195. The van der Waals surface area contributed by atoms with E-state index >= 15 is 0 Å². The van der Waals surface area contributed by atoms with E-state index in [0.717, 1.165) is 43.3 Å². The molecule has 0 radical (unpaired) electrons. The van der Waals surface area contributed by atoms with Crippen LogP contribution in [0, 0.1) is 6.92 Å². The van der Waals surface area contributed by atoms with Crippen LogP contribution in [0.1, 0.15) is 35.1 Å². The van der Waals surface area contributed by atoms with Crippen molar-refractivity contribution in [3.63, 3.8) is 0 Å². The van der Waals surface area contributed by atoms with Crippen LogP contribution in [0.5, 0.6) is 0 Å². The fraction of sp³-hybridized carbons (Fsp3) is 0.400. The first kappa shape index (κ1) is 21.1. The molecule has 0 spiro atoms. The number of amides is 2. The number of imide groups is 1. The molecule has 1 N–H and O–H groups in total. The topological polar surface area (TPSA) is 55.9 Å². The molecule has 2 amide bonds. The van der Waals surface area contributed by atoms with E-state index in [-0.39, 0.29) is 17.9 Å². The van der Waals surface area contributed by atoms with E-state index in [2.05, 4.69) is 64.5 Å². The van der Waals surface area contributed by atoms with Crippen molar-refractivity contribution in [1.29, 1.82) is 0 Å². The van der Waals surface area contributed by atoms with Crippen molar-refractivity contribution in [2.75, 3.05) is 31.1 Å². The largest absolute Gasteiger partial charge is 0.369 e. The molecule has 0 saturated carbocycles. The van der Waals surface area contributed by atoms with Crippen LogP contribution in [0.25, 0.3) is 0 Å². The number of thiocarbonyl (C=S) groups is 1. The molecular formula is C25H28N4O2S. The van der Waals surface area contributed by atoms with Gasteiger partial charge < -0.3 is 9.80 Å². The van der Waals surface area contributed by atoms with Gasteiger partial charge in [0.15, 0.2) is 0 Å². The van der Waals surface area contributed by atoms with Crippen LogP contribution in [0.3, 0.4) is 0 Å². The third kappa shape index (κ3) is 4.02. The van der Waals surface area contributed by atoms with Gasteiger partial charge in [0.25, 0.3) is 0 Å². The van der Waals surface area contributed by atoms with Gasteiger partial charge in [0.2, 0.25) is 11.8 Å². The Morgan fingerprint density at radius 3 is 2.50 bits per heavy atom. The van der Waals surface area contributed by atoms with Crippen molar-refractivity contribution >= 4 is 34.7 Å². The van der Waals surface area contributed by atoms with Crippen molar-refractivity contribution in [2.24, 2.45) is 0 Å². The summed E-state index contributed by atoms with van der Waals surface area (Å²) in [6, 6.07) is 14.7. The van der Waals surface area contributed by atoms with Crippen LogP contribution in [-0.2, 0) is 22.7 Å². The Morgan fingerprint density at radius 1 is 1.03 bits per heavy atom. The number of carbonyl (C=O) groups excluding carboxylic acids is 2. The first-order valence-corrected chi connectivity index (χ1v) is 11.7. The first-order chi connectivity index (χ1) is 15.5. The number of hydrogen-bond donors (Lipinski definition) is 1. The van der Waals surface area contributed by atoms with Gasteiger partial charge in [-0.1, -0.05) is 48.1 Å². The molecule has 32 heavy (non-hydrogen) atoms. The number of anilines is 1. The molecule has 6 nitrogen and oxygen atoms in total.